The normalized spacial score (nSPS) is 11.7. The van der Waals surface area contributed by atoms with Crippen LogP contribution < -0.4 is 14.8 Å². The summed E-state index contributed by atoms with van der Waals surface area (Å²) in [5.74, 6) is 1.35. The molecule has 0 aliphatic heterocycles. The number of aryl methyl sites for hydroxylation is 1. The minimum absolute atomic E-state index is 0.0175. The smallest absolute Gasteiger partial charge is 0.233 e. The average molecular weight is 394 g/mol. The average Bonchev–Trinajstić information content (AvgIpc) is 2.66. The van der Waals surface area contributed by atoms with Crippen LogP contribution in [0.25, 0.3) is 0 Å². The van der Waals surface area contributed by atoms with Crippen LogP contribution in [0.5, 0.6) is 11.5 Å². The molecule has 1 amide bonds. The number of carbonyl (C=O) groups is 1. The van der Waals surface area contributed by atoms with E-state index in [2.05, 4.69) is 5.32 Å². The summed E-state index contributed by atoms with van der Waals surface area (Å²) in [6, 6.07) is 13.4. The Balaban J connectivity index is 1.79. The molecule has 6 heteroatoms. The Morgan fingerprint density at radius 3 is 2.58 bits per heavy atom. The molecule has 0 radical (unpaired) electrons. The van der Waals surface area contributed by atoms with Gasteiger partial charge in [-0.15, -0.1) is 11.8 Å². The molecule has 0 aliphatic carbocycles. The molecule has 0 saturated heterocycles. The van der Waals surface area contributed by atoms with Gasteiger partial charge < -0.3 is 14.8 Å². The van der Waals surface area contributed by atoms with E-state index in [1.807, 2.05) is 49.4 Å². The Bertz CT molecular complexity index is 739. The van der Waals surface area contributed by atoms with Crippen LogP contribution in [0.4, 0.5) is 0 Å². The maximum atomic E-state index is 12.3. The third-order valence-electron chi connectivity index (χ3n) is 3.92. The number of benzene rings is 2. The van der Waals surface area contributed by atoms with Crippen molar-refractivity contribution < 1.29 is 14.3 Å². The fourth-order valence-electron chi connectivity index (χ4n) is 2.48. The Morgan fingerprint density at radius 1 is 1.15 bits per heavy atom. The van der Waals surface area contributed by atoms with Crippen molar-refractivity contribution in [2.45, 2.75) is 29.9 Å². The minimum atomic E-state index is -0.201. The number of methoxy groups -OCH3 is 2. The van der Waals surface area contributed by atoms with Gasteiger partial charge in [0.1, 0.15) is 0 Å². The summed E-state index contributed by atoms with van der Waals surface area (Å²) >= 11 is 7.63. The Hall–Kier alpha value is -1.85. The van der Waals surface area contributed by atoms with E-state index in [0.29, 0.717) is 18.0 Å². The van der Waals surface area contributed by atoms with Crippen molar-refractivity contribution in [2.24, 2.45) is 0 Å². The molecule has 26 heavy (non-hydrogen) atoms. The molecule has 0 unspecified atom stereocenters. The van der Waals surface area contributed by atoms with E-state index >= 15 is 0 Å². The fraction of sp³-hybridized carbons (Fsp3) is 0.350. The van der Waals surface area contributed by atoms with Crippen LogP contribution in [0, 0.1) is 0 Å². The Morgan fingerprint density at radius 2 is 1.88 bits per heavy atom. The van der Waals surface area contributed by atoms with E-state index in [-0.39, 0.29) is 11.2 Å². The van der Waals surface area contributed by atoms with E-state index < -0.39 is 0 Å². The number of hydrogen-bond donors (Lipinski definition) is 1. The maximum absolute atomic E-state index is 12.3. The zero-order chi connectivity index (χ0) is 18.9. The van der Waals surface area contributed by atoms with E-state index in [9.17, 15) is 4.79 Å². The third-order valence-corrected chi connectivity index (χ3v) is 5.38. The number of ether oxygens (including phenoxy) is 2. The number of nitrogens with one attached hydrogen (secondary N) is 1. The van der Waals surface area contributed by atoms with Gasteiger partial charge in [-0.2, -0.15) is 0 Å². The van der Waals surface area contributed by atoms with Gasteiger partial charge >= 0.3 is 0 Å². The summed E-state index contributed by atoms with van der Waals surface area (Å²) < 4.78 is 10.5. The molecule has 4 nitrogen and oxygen atoms in total. The zero-order valence-electron chi connectivity index (χ0n) is 15.3. The zero-order valence-corrected chi connectivity index (χ0v) is 16.8. The van der Waals surface area contributed by atoms with Gasteiger partial charge in [0, 0.05) is 16.5 Å². The highest BCUT2D eigenvalue weighted by Gasteiger charge is 2.15. The van der Waals surface area contributed by atoms with Crippen molar-refractivity contribution >= 4 is 29.3 Å². The number of amides is 1. The van der Waals surface area contributed by atoms with Crippen molar-refractivity contribution in [3.8, 4) is 11.5 Å². The van der Waals surface area contributed by atoms with Crippen molar-refractivity contribution in [3.63, 3.8) is 0 Å². The molecular weight excluding hydrogens is 370 g/mol. The summed E-state index contributed by atoms with van der Waals surface area (Å²) in [6.45, 7) is 2.52. The lowest BCUT2D eigenvalue weighted by Gasteiger charge is -2.14. The molecule has 0 saturated carbocycles. The highest BCUT2D eigenvalue weighted by molar-refractivity contribution is 8.00. The van der Waals surface area contributed by atoms with Crippen LogP contribution in [0.1, 0.15) is 18.9 Å². The summed E-state index contributed by atoms with van der Waals surface area (Å²) in [7, 11) is 3.20. The molecule has 0 spiro atoms. The van der Waals surface area contributed by atoms with Gasteiger partial charge in [-0.25, -0.2) is 0 Å². The molecular formula is C20H24ClNO3S. The SMILES string of the molecule is COc1ccc(S[C@@H](C)C(=O)NCCCc2ccccc2Cl)cc1OC. The predicted molar refractivity (Wildman–Crippen MR) is 108 cm³/mol. The first kappa shape index (κ1) is 20.5. The number of halogens is 1. The first-order chi connectivity index (χ1) is 12.5. The molecule has 1 atom stereocenters. The predicted octanol–water partition coefficient (Wildman–Crippen LogP) is 4.59. The van der Waals surface area contributed by atoms with Gasteiger partial charge in [0.05, 0.1) is 19.5 Å². The van der Waals surface area contributed by atoms with E-state index in [1.165, 1.54) is 11.8 Å². The molecule has 0 fully saturated rings. The van der Waals surface area contributed by atoms with Crippen LogP contribution >= 0.6 is 23.4 Å². The lowest BCUT2D eigenvalue weighted by Crippen LogP contribution is -2.31. The van der Waals surface area contributed by atoms with Gasteiger partial charge in [0.25, 0.3) is 0 Å². The van der Waals surface area contributed by atoms with Crippen LogP contribution in [0.2, 0.25) is 5.02 Å². The minimum Gasteiger partial charge on any atom is -0.493 e. The number of hydrogen-bond acceptors (Lipinski definition) is 4. The second-order valence-electron chi connectivity index (χ2n) is 5.76. The molecule has 0 heterocycles. The van der Waals surface area contributed by atoms with E-state index in [0.717, 1.165) is 28.3 Å². The van der Waals surface area contributed by atoms with E-state index in [4.69, 9.17) is 21.1 Å². The van der Waals surface area contributed by atoms with Crippen molar-refractivity contribution in [1.29, 1.82) is 0 Å². The van der Waals surface area contributed by atoms with Gasteiger partial charge in [-0.05, 0) is 49.6 Å². The molecule has 2 aromatic carbocycles. The van der Waals surface area contributed by atoms with Gasteiger partial charge in [-0.1, -0.05) is 29.8 Å². The van der Waals surface area contributed by atoms with Crippen LogP contribution in [-0.4, -0.2) is 31.9 Å². The highest BCUT2D eigenvalue weighted by Crippen LogP contribution is 2.33. The van der Waals surface area contributed by atoms with Crippen molar-refractivity contribution in [3.05, 3.63) is 53.1 Å². The standard InChI is InChI=1S/C20H24ClNO3S/c1-14(26-16-10-11-18(24-2)19(13-16)25-3)20(23)22-12-6-8-15-7-4-5-9-17(15)21/h4-5,7,9-11,13-14H,6,8,12H2,1-3H3,(H,22,23)/t14-/m0/s1. The van der Waals surface area contributed by atoms with Gasteiger partial charge in [0.15, 0.2) is 11.5 Å². The quantitative estimate of drug-likeness (QED) is 0.500. The topological polar surface area (TPSA) is 47.6 Å². The largest absolute Gasteiger partial charge is 0.493 e. The Kier molecular flexibility index (Phi) is 8.13. The third kappa shape index (κ3) is 5.85. The van der Waals surface area contributed by atoms with Crippen molar-refractivity contribution in [1.82, 2.24) is 5.32 Å². The van der Waals surface area contributed by atoms with Crippen LogP contribution in [0.3, 0.4) is 0 Å². The summed E-state index contributed by atoms with van der Waals surface area (Å²) in [4.78, 5) is 13.2. The van der Waals surface area contributed by atoms with Gasteiger partial charge in [-0.3, -0.25) is 4.79 Å². The molecule has 0 aromatic heterocycles. The number of carbonyl (C=O) groups excluding carboxylic acids is 1. The maximum Gasteiger partial charge on any atom is 0.233 e. The summed E-state index contributed by atoms with van der Waals surface area (Å²) in [6.07, 6.45) is 1.69. The first-order valence-corrected chi connectivity index (χ1v) is 9.70. The molecule has 1 N–H and O–H groups in total. The number of thioether (sulfide) groups is 1. The number of rotatable bonds is 9. The van der Waals surface area contributed by atoms with Crippen LogP contribution in [-0.2, 0) is 11.2 Å². The lowest BCUT2D eigenvalue weighted by atomic mass is 10.1. The second-order valence-corrected chi connectivity index (χ2v) is 7.58. The first-order valence-electron chi connectivity index (χ1n) is 8.45. The molecule has 2 aromatic rings. The fourth-order valence-corrected chi connectivity index (χ4v) is 3.63. The summed E-state index contributed by atoms with van der Waals surface area (Å²) in [5, 5.41) is 3.56. The van der Waals surface area contributed by atoms with E-state index in [1.54, 1.807) is 14.2 Å². The molecule has 0 aliphatic rings. The molecule has 2 rings (SSSR count). The monoisotopic (exact) mass is 393 g/mol. The highest BCUT2D eigenvalue weighted by atomic mass is 35.5. The Labute approximate surface area is 164 Å². The lowest BCUT2D eigenvalue weighted by molar-refractivity contribution is -0.120. The van der Waals surface area contributed by atoms with Crippen molar-refractivity contribution in [2.75, 3.05) is 20.8 Å². The second kappa shape index (κ2) is 10.3. The molecule has 0 bridgehead atoms. The summed E-state index contributed by atoms with van der Waals surface area (Å²) in [5.41, 5.74) is 1.11. The van der Waals surface area contributed by atoms with Gasteiger partial charge in [0.2, 0.25) is 5.91 Å². The molecule has 140 valence electrons. The van der Waals surface area contributed by atoms with Crippen LogP contribution in [0.15, 0.2) is 47.4 Å².